The fourth-order valence-corrected chi connectivity index (χ4v) is 1.53. The van der Waals surface area contributed by atoms with Gasteiger partial charge in [0.15, 0.2) is 0 Å². The van der Waals surface area contributed by atoms with Crippen molar-refractivity contribution < 1.29 is 9.59 Å². The highest BCUT2D eigenvalue weighted by Gasteiger charge is 2.04. The number of amides is 3. The van der Waals surface area contributed by atoms with E-state index in [9.17, 15) is 9.59 Å². The van der Waals surface area contributed by atoms with Crippen LogP contribution in [0.15, 0.2) is 24.3 Å². The lowest BCUT2D eigenvalue weighted by molar-refractivity contribution is 0.0963. The first-order valence-corrected chi connectivity index (χ1v) is 5.93. The Morgan fingerprint density at radius 3 is 2.79 bits per heavy atom. The van der Waals surface area contributed by atoms with Gasteiger partial charge in [-0.15, -0.1) is 6.42 Å². The van der Waals surface area contributed by atoms with Gasteiger partial charge in [-0.25, -0.2) is 4.79 Å². The molecule has 0 saturated carbocycles. The molecular weight excluding hydrogens is 242 g/mol. The molecule has 5 heteroatoms. The summed E-state index contributed by atoms with van der Waals surface area (Å²) >= 11 is 0. The molecule has 0 aliphatic heterocycles. The molecule has 0 radical (unpaired) electrons. The van der Waals surface area contributed by atoms with Gasteiger partial charge in [-0.3, -0.25) is 4.79 Å². The van der Waals surface area contributed by atoms with Crippen LogP contribution in [0.1, 0.15) is 15.9 Å². The van der Waals surface area contributed by atoms with E-state index in [1.54, 1.807) is 19.2 Å². The number of urea groups is 1. The fraction of sp³-hybridized carbons (Fsp3) is 0.286. The summed E-state index contributed by atoms with van der Waals surface area (Å²) in [6.07, 6.45) is 5.67. The average molecular weight is 259 g/mol. The van der Waals surface area contributed by atoms with E-state index < -0.39 is 0 Å². The quantitative estimate of drug-likeness (QED) is 0.675. The summed E-state index contributed by atoms with van der Waals surface area (Å²) in [5, 5.41) is 7.76. The smallest absolute Gasteiger partial charge is 0.315 e. The van der Waals surface area contributed by atoms with E-state index in [2.05, 4.69) is 21.9 Å². The van der Waals surface area contributed by atoms with Crippen LogP contribution in [-0.4, -0.2) is 32.1 Å². The Labute approximate surface area is 112 Å². The van der Waals surface area contributed by atoms with Gasteiger partial charge in [0.1, 0.15) is 0 Å². The van der Waals surface area contributed by atoms with Crippen LogP contribution in [0.25, 0.3) is 0 Å². The summed E-state index contributed by atoms with van der Waals surface area (Å²) in [5.41, 5.74) is 1.59. The maximum atomic E-state index is 11.5. The maximum Gasteiger partial charge on any atom is 0.315 e. The minimum Gasteiger partial charge on any atom is -0.355 e. The van der Waals surface area contributed by atoms with Crippen LogP contribution in [0.2, 0.25) is 0 Å². The van der Waals surface area contributed by atoms with Crippen molar-refractivity contribution >= 4 is 11.9 Å². The predicted molar refractivity (Wildman–Crippen MR) is 73.8 cm³/mol. The van der Waals surface area contributed by atoms with Crippen molar-refractivity contribution in [1.29, 1.82) is 0 Å². The molecule has 0 heterocycles. The van der Waals surface area contributed by atoms with Crippen LogP contribution >= 0.6 is 0 Å². The van der Waals surface area contributed by atoms with Crippen molar-refractivity contribution in [2.75, 3.05) is 20.1 Å². The first kappa shape index (κ1) is 14.6. The Kier molecular flexibility index (Phi) is 5.96. The maximum absolute atomic E-state index is 11.5. The van der Waals surface area contributed by atoms with E-state index in [4.69, 9.17) is 6.42 Å². The summed E-state index contributed by atoms with van der Waals surface area (Å²) in [4.78, 5) is 22.7. The van der Waals surface area contributed by atoms with E-state index in [0.29, 0.717) is 18.5 Å². The number of hydrogen-bond acceptors (Lipinski definition) is 2. The van der Waals surface area contributed by atoms with Crippen LogP contribution in [-0.2, 0) is 6.42 Å². The number of rotatable bonds is 5. The summed E-state index contributed by atoms with van der Waals surface area (Å²) in [7, 11) is 1.59. The predicted octanol–water partition coefficient (Wildman–Crippen LogP) is 0.521. The topological polar surface area (TPSA) is 70.2 Å². The summed E-state index contributed by atoms with van der Waals surface area (Å²) < 4.78 is 0. The molecular formula is C14H17N3O2. The monoisotopic (exact) mass is 259 g/mol. The largest absolute Gasteiger partial charge is 0.355 e. The minimum atomic E-state index is -0.291. The van der Waals surface area contributed by atoms with Gasteiger partial charge in [0.05, 0.1) is 6.54 Å². The molecule has 0 saturated heterocycles. The van der Waals surface area contributed by atoms with Gasteiger partial charge in [0.2, 0.25) is 0 Å². The number of benzene rings is 1. The number of hydrogen-bond donors (Lipinski definition) is 3. The van der Waals surface area contributed by atoms with Gasteiger partial charge in [0.25, 0.3) is 5.91 Å². The highest BCUT2D eigenvalue weighted by molar-refractivity contribution is 5.94. The van der Waals surface area contributed by atoms with Gasteiger partial charge in [0, 0.05) is 19.2 Å². The lowest BCUT2D eigenvalue weighted by Gasteiger charge is -2.07. The third-order valence-corrected chi connectivity index (χ3v) is 2.47. The molecule has 100 valence electrons. The number of nitrogens with one attached hydrogen (secondary N) is 3. The van der Waals surface area contributed by atoms with Crippen LogP contribution in [0, 0.1) is 12.3 Å². The molecule has 19 heavy (non-hydrogen) atoms. The lowest BCUT2D eigenvalue weighted by atomic mass is 10.1. The Morgan fingerprint density at radius 2 is 2.11 bits per heavy atom. The fourth-order valence-electron chi connectivity index (χ4n) is 1.53. The molecule has 5 nitrogen and oxygen atoms in total. The van der Waals surface area contributed by atoms with Crippen molar-refractivity contribution in [3.63, 3.8) is 0 Å². The molecule has 3 amide bonds. The molecule has 0 aromatic heterocycles. The van der Waals surface area contributed by atoms with Crippen LogP contribution in [0.4, 0.5) is 4.79 Å². The molecule has 0 spiro atoms. The lowest BCUT2D eigenvalue weighted by Crippen LogP contribution is -2.36. The Balaban J connectivity index is 2.43. The second kappa shape index (κ2) is 7.77. The van der Waals surface area contributed by atoms with E-state index in [1.807, 2.05) is 12.1 Å². The third-order valence-electron chi connectivity index (χ3n) is 2.47. The molecule has 0 unspecified atom stereocenters. The van der Waals surface area contributed by atoms with Gasteiger partial charge in [-0.05, 0) is 24.1 Å². The van der Waals surface area contributed by atoms with Gasteiger partial charge < -0.3 is 16.0 Å². The molecule has 1 aromatic carbocycles. The number of carbonyl (C=O) groups is 2. The first-order valence-electron chi connectivity index (χ1n) is 5.93. The van der Waals surface area contributed by atoms with Crippen LogP contribution in [0.5, 0.6) is 0 Å². The molecule has 0 fully saturated rings. The summed E-state index contributed by atoms with van der Waals surface area (Å²) in [5.74, 6) is 2.19. The number of carbonyl (C=O) groups excluding carboxylic acids is 2. The standard InChI is InChI=1S/C14H17N3O2/c1-3-8-16-14(19)17-9-7-11-5-4-6-12(10-11)13(18)15-2/h1,4-6,10H,7-9H2,2H3,(H,15,18)(H2,16,17,19). The minimum absolute atomic E-state index is 0.124. The molecule has 0 aliphatic carbocycles. The average Bonchev–Trinajstić information content (AvgIpc) is 2.44. The Hall–Kier alpha value is -2.48. The van der Waals surface area contributed by atoms with Crippen LogP contribution < -0.4 is 16.0 Å². The van der Waals surface area contributed by atoms with E-state index in [0.717, 1.165) is 5.56 Å². The third kappa shape index (κ3) is 5.13. The van der Waals surface area contributed by atoms with Gasteiger partial charge in [-0.1, -0.05) is 18.1 Å². The van der Waals surface area contributed by atoms with Crippen molar-refractivity contribution in [2.24, 2.45) is 0 Å². The zero-order valence-corrected chi connectivity index (χ0v) is 10.8. The zero-order chi connectivity index (χ0) is 14.1. The molecule has 1 aromatic rings. The van der Waals surface area contributed by atoms with Gasteiger partial charge in [-0.2, -0.15) is 0 Å². The Bertz CT molecular complexity index is 492. The van der Waals surface area contributed by atoms with Crippen LogP contribution in [0.3, 0.4) is 0 Å². The molecule has 0 aliphatic rings. The zero-order valence-electron chi connectivity index (χ0n) is 10.8. The van der Waals surface area contributed by atoms with Crippen molar-refractivity contribution in [3.8, 4) is 12.3 Å². The van der Waals surface area contributed by atoms with Gasteiger partial charge >= 0.3 is 6.03 Å². The molecule has 0 atom stereocenters. The van der Waals surface area contributed by atoms with Crippen molar-refractivity contribution in [3.05, 3.63) is 35.4 Å². The van der Waals surface area contributed by atoms with E-state index in [-0.39, 0.29) is 18.5 Å². The van der Waals surface area contributed by atoms with Crippen molar-refractivity contribution in [2.45, 2.75) is 6.42 Å². The normalized spacial score (nSPS) is 9.26. The van der Waals surface area contributed by atoms with E-state index >= 15 is 0 Å². The highest BCUT2D eigenvalue weighted by Crippen LogP contribution is 2.05. The summed E-state index contributed by atoms with van der Waals surface area (Å²) in [6, 6.07) is 6.99. The Morgan fingerprint density at radius 1 is 1.32 bits per heavy atom. The van der Waals surface area contributed by atoms with Crippen molar-refractivity contribution in [1.82, 2.24) is 16.0 Å². The SMILES string of the molecule is C#CCNC(=O)NCCc1cccc(C(=O)NC)c1. The van der Waals surface area contributed by atoms with E-state index in [1.165, 1.54) is 0 Å². The molecule has 0 bridgehead atoms. The second-order valence-electron chi connectivity index (χ2n) is 3.84. The second-order valence-corrected chi connectivity index (χ2v) is 3.84. The highest BCUT2D eigenvalue weighted by atomic mass is 16.2. The molecule has 3 N–H and O–H groups in total. The first-order chi connectivity index (χ1) is 9.17. The molecule has 1 rings (SSSR count). The number of terminal acetylenes is 1. The summed E-state index contributed by atoms with van der Waals surface area (Å²) in [6.45, 7) is 0.686.